The Hall–Kier alpha value is -7.21. The Morgan fingerprint density at radius 3 is 1.47 bits per heavy atom. The monoisotopic (exact) mass is 774 g/mol. The largest absolute Gasteiger partial charge is 0.309 e. The van der Waals surface area contributed by atoms with Crippen molar-refractivity contribution in [3.8, 4) is 34.2 Å². The first-order chi connectivity index (χ1) is 29.1. The van der Waals surface area contributed by atoms with Crippen LogP contribution in [0, 0.1) is 13.8 Å². The van der Waals surface area contributed by atoms with Crippen molar-refractivity contribution < 1.29 is 0 Å². The number of nitrogens with zero attached hydrogens (tertiary/aromatic N) is 4. The molecule has 5 heteroatoms. The third-order valence-corrected chi connectivity index (χ3v) is 12.9. The summed E-state index contributed by atoms with van der Waals surface area (Å²) in [5.74, 6) is 1.95. The predicted octanol–water partition coefficient (Wildman–Crippen LogP) is 14.0. The molecule has 0 fully saturated rings. The molecule has 59 heavy (non-hydrogen) atoms. The summed E-state index contributed by atoms with van der Waals surface area (Å²) in [5.41, 5.74) is 13.0. The van der Waals surface area contributed by atoms with Gasteiger partial charge in [-0.25, -0.2) is 15.0 Å². The van der Waals surface area contributed by atoms with Gasteiger partial charge in [0.2, 0.25) is 0 Å². The molecule has 0 saturated heterocycles. The fourth-order valence-corrected chi connectivity index (χ4v) is 10.4. The summed E-state index contributed by atoms with van der Waals surface area (Å²) in [7, 11) is 0. The first-order valence-corrected chi connectivity index (χ1v) is 20.8. The zero-order valence-corrected chi connectivity index (χ0v) is 33.5. The first kappa shape index (κ1) is 35.0. The molecule has 0 bridgehead atoms. The van der Waals surface area contributed by atoms with Crippen LogP contribution >= 0.6 is 11.3 Å². The normalized spacial score (nSPS) is 13.0. The number of hydrogen-bond donors (Lipinski definition) is 0. The van der Waals surface area contributed by atoms with Gasteiger partial charge in [0.15, 0.2) is 17.5 Å². The van der Waals surface area contributed by atoms with Gasteiger partial charge in [-0.2, -0.15) is 0 Å². The molecule has 0 radical (unpaired) electrons. The zero-order chi connectivity index (χ0) is 39.5. The van der Waals surface area contributed by atoms with E-state index in [1.165, 1.54) is 42.4 Å². The molecule has 0 saturated carbocycles. The summed E-state index contributed by atoms with van der Waals surface area (Å²) in [5, 5.41) is 2.59. The SMILES string of the molecule is Cc1cc(-c2nc(-c3ccccc3)nc(-c3ccccc3)n2)cc(C)c1N1c2ccccc2C(c2ccccc2)(c2ccc3sc4ccccc4c3c2)c2ccccc21. The maximum absolute atomic E-state index is 5.08. The van der Waals surface area contributed by atoms with Crippen LogP contribution in [-0.2, 0) is 5.41 Å². The molecule has 0 spiro atoms. The highest BCUT2D eigenvalue weighted by molar-refractivity contribution is 7.25. The van der Waals surface area contributed by atoms with Gasteiger partial charge in [0.05, 0.1) is 22.5 Å². The van der Waals surface area contributed by atoms with Gasteiger partial charge in [-0.15, -0.1) is 11.3 Å². The Kier molecular flexibility index (Phi) is 8.31. The van der Waals surface area contributed by atoms with Gasteiger partial charge >= 0.3 is 0 Å². The van der Waals surface area contributed by atoms with Gasteiger partial charge in [-0.1, -0.05) is 152 Å². The number of thiophene rings is 1. The summed E-state index contributed by atoms with van der Waals surface area (Å²) in [4.78, 5) is 17.6. The lowest BCUT2D eigenvalue weighted by molar-refractivity contribution is 0.732. The Bertz CT molecular complexity index is 3060. The molecule has 10 aromatic rings. The second kappa shape index (κ2) is 14.0. The topological polar surface area (TPSA) is 41.9 Å². The number of anilines is 3. The third kappa shape index (κ3) is 5.61. The Labute approximate surface area is 347 Å². The van der Waals surface area contributed by atoms with Crippen LogP contribution in [0.15, 0.2) is 194 Å². The predicted molar refractivity (Wildman–Crippen MR) is 245 cm³/mol. The highest BCUT2D eigenvalue weighted by Gasteiger charge is 2.46. The average molecular weight is 775 g/mol. The van der Waals surface area contributed by atoms with E-state index in [0.29, 0.717) is 17.5 Å². The molecule has 0 unspecified atom stereocenters. The van der Waals surface area contributed by atoms with Crippen LogP contribution in [0.3, 0.4) is 0 Å². The Balaban J connectivity index is 1.12. The van der Waals surface area contributed by atoms with Crippen molar-refractivity contribution in [2.45, 2.75) is 19.3 Å². The molecular weight excluding hydrogens is 737 g/mol. The summed E-state index contributed by atoms with van der Waals surface area (Å²) in [6, 6.07) is 69.8. The standard InChI is InChI=1S/C54H38N4S/c1-35-32-39(53-56-51(37-18-6-3-7-19-37)55-52(57-53)38-20-8-4-9-21-38)33-36(2)50(35)58-46-27-15-13-25-44(46)54(40-22-10-5-11-23-40,45-26-14-16-28-47(45)58)41-30-31-49-43(34-41)42-24-12-17-29-48(42)59-49/h3-34H,1-2H3. The van der Waals surface area contributed by atoms with Crippen molar-refractivity contribution in [2.24, 2.45) is 0 Å². The lowest BCUT2D eigenvalue weighted by atomic mass is 9.62. The molecule has 0 aliphatic carbocycles. The Morgan fingerprint density at radius 1 is 0.407 bits per heavy atom. The molecule has 11 rings (SSSR count). The summed E-state index contributed by atoms with van der Waals surface area (Å²) in [6.45, 7) is 4.42. The van der Waals surface area contributed by atoms with Crippen LogP contribution in [0.25, 0.3) is 54.3 Å². The number of para-hydroxylation sites is 2. The van der Waals surface area contributed by atoms with Crippen molar-refractivity contribution in [3.05, 3.63) is 228 Å². The minimum atomic E-state index is -0.587. The quantitative estimate of drug-likeness (QED) is 0.169. The van der Waals surface area contributed by atoms with Crippen molar-refractivity contribution >= 4 is 48.6 Å². The number of benzene rings is 8. The molecule has 0 amide bonds. The maximum atomic E-state index is 5.08. The van der Waals surface area contributed by atoms with Gasteiger partial charge in [-0.05, 0) is 89.7 Å². The number of aryl methyl sites for hydroxylation is 2. The van der Waals surface area contributed by atoms with Crippen LogP contribution in [0.4, 0.5) is 17.1 Å². The van der Waals surface area contributed by atoms with Gasteiger partial charge in [-0.3, -0.25) is 0 Å². The van der Waals surface area contributed by atoms with E-state index in [9.17, 15) is 0 Å². The zero-order valence-electron chi connectivity index (χ0n) is 32.7. The maximum Gasteiger partial charge on any atom is 0.164 e. The lowest BCUT2D eigenvalue weighted by Gasteiger charge is -2.47. The van der Waals surface area contributed by atoms with Gasteiger partial charge in [0.25, 0.3) is 0 Å². The second-order valence-corrected chi connectivity index (χ2v) is 16.4. The van der Waals surface area contributed by atoms with Crippen molar-refractivity contribution in [1.82, 2.24) is 15.0 Å². The smallest absolute Gasteiger partial charge is 0.164 e. The number of hydrogen-bond acceptors (Lipinski definition) is 5. The fourth-order valence-electron chi connectivity index (χ4n) is 9.30. The summed E-state index contributed by atoms with van der Waals surface area (Å²) < 4.78 is 2.61. The van der Waals surface area contributed by atoms with Crippen LogP contribution in [-0.4, -0.2) is 15.0 Å². The van der Waals surface area contributed by atoms with E-state index < -0.39 is 5.41 Å². The minimum absolute atomic E-state index is 0.587. The average Bonchev–Trinajstić information content (AvgIpc) is 3.67. The van der Waals surface area contributed by atoms with Crippen LogP contribution in [0.5, 0.6) is 0 Å². The number of fused-ring (bicyclic) bond motifs is 5. The molecule has 0 atom stereocenters. The first-order valence-electron chi connectivity index (χ1n) is 20.0. The van der Waals surface area contributed by atoms with Crippen molar-refractivity contribution in [1.29, 1.82) is 0 Å². The number of aromatic nitrogens is 3. The van der Waals surface area contributed by atoms with E-state index in [-0.39, 0.29) is 0 Å². The molecule has 3 heterocycles. The molecule has 280 valence electrons. The van der Waals surface area contributed by atoms with Crippen LogP contribution in [0.1, 0.15) is 33.4 Å². The van der Waals surface area contributed by atoms with E-state index in [4.69, 9.17) is 15.0 Å². The van der Waals surface area contributed by atoms with Crippen molar-refractivity contribution in [2.75, 3.05) is 4.90 Å². The van der Waals surface area contributed by atoms with Gasteiger partial charge in [0.1, 0.15) is 0 Å². The second-order valence-electron chi connectivity index (χ2n) is 15.3. The molecule has 8 aromatic carbocycles. The van der Waals surface area contributed by atoms with Crippen LogP contribution in [0.2, 0.25) is 0 Å². The molecule has 1 aliphatic heterocycles. The molecule has 2 aromatic heterocycles. The van der Waals surface area contributed by atoms with E-state index in [1.54, 1.807) is 0 Å². The highest BCUT2D eigenvalue weighted by Crippen LogP contribution is 2.59. The Morgan fingerprint density at radius 2 is 0.881 bits per heavy atom. The number of rotatable bonds is 6. The third-order valence-electron chi connectivity index (χ3n) is 11.8. The van der Waals surface area contributed by atoms with E-state index in [2.05, 4.69) is 176 Å². The lowest BCUT2D eigenvalue weighted by Crippen LogP contribution is -2.38. The minimum Gasteiger partial charge on any atom is -0.309 e. The van der Waals surface area contributed by atoms with Gasteiger partial charge < -0.3 is 4.90 Å². The molecular formula is C54H38N4S. The highest BCUT2D eigenvalue weighted by atomic mass is 32.1. The molecule has 0 N–H and O–H groups in total. The van der Waals surface area contributed by atoms with E-state index in [0.717, 1.165) is 44.9 Å². The summed E-state index contributed by atoms with van der Waals surface area (Å²) >= 11 is 1.86. The van der Waals surface area contributed by atoms with E-state index in [1.807, 2.05) is 47.7 Å². The van der Waals surface area contributed by atoms with E-state index >= 15 is 0 Å². The van der Waals surface area contributed by atoms with Crippen molar-refractivity contribution in [3.63, 3.8) is 0 Å². The fraction of sp³-hybridized carbons (Fsp3) is 0.0556. The van der Waals surface area contributed by atoms with Gasteiger partial charge in [0, 0.05) is 36.9 Å². The molecule has 1 aliphatic rings. The summed E-state index contributed by atoms with van der Waals surface area (Å²) in [6.07, 6.45) is 0. The molecule has 4 nitrogen and oxygen atoms in total. The van der Waals surface area contributed by atoms with Crippen LogP contribution < -0.4 is 4.90 Å².